The molecule has 19 heavy (non-hydrogen) atoms. The molecule has 2 aromatic heterocycles. The van der Waals surface area contributed by atoms with E-state index in [1.54, 1.807) is 6.20 Å². The third-order valence-electron chi connectivity index (χ3n) is 2.94. The van der Waals surface area contributed by atoms with Gasteiger partial charge in [-0.05, 0) is 30.7 Å². The van der Waals surface area contributed by atoms with Gasteiger partial charge in [0.15, 0.2) is 0 Å². The Morgan fingerprint density at radius 1 is 1.26 bits per heavy atom. The van der Waals surface area contributed by atoms with Gasteiger partial charge in [-0.2, -0.15) is 5.10 Å². The summed E-state index contributed by atoms with van der Waals surface area (Å²) in [6.07, 6.45) is 8.36. The van der Waals surface area contributed by atoms with Gasteiger partial charge in [0.05, 0.1) is 17.8 Å². The second-order valence-corrected chi connectivity index (χ2v) is 4.99. The first kappa shape index (κ1) is 14.0. The molecule has 0 aliphatic heterocycles. The van der Waals surface area contributed by atoms with Crippen molar-refractivity contribution in [1.82, 2.24) is 19.7 Å². The maximum Gasteiger partial charge on any atom is 0.0785 e. The van der Waals surface area contributed by atoms with Gasteiger partial charge >= 0.3 is 0 Å². The van der Waals surface area contributed by atoms with E-state index >= 15 is 0 Å². The number of hydrogen-bond donors (Lipinski definition) is 0. The molecule has 5 heteroatoms. The number of pyridine rings is 1. The van der Waals surface area contributed by atoms with Crippen LogP contribution in [0.1, 0.15) is 18.9 Å². The van der Waals surface area contributed by atoms with Crippen molar-refractivity contribution >= 4 is 11.6 Å². The van der Waals surface area contributed by atoms with Gasteiger partial charge in [-0.1, -0.05) is 18.5 Å². The van der Waals surface area contributed by atoms with Crippen LogP contribution in [0.2, 0.25) is 5.02 Å². The third-order valence-corrected chi connectivity index (χ3v) is 3.14. The van der Waals surface area contributed by atoms with Gasteiger partial charge in [0, 0.05) is 31.7 Å². The van der Waals surface area contributed by atoms with Crippen molar-refractivity contribution in [3.8, 4) is 0 Å². The molecule has 0 atom stereocenters. The zero-order valence-corrected chi connectivity index (χ0v) is 11.9. The summed E-state index contributed by atoms with van der Waals surface area (Å²) in [6.45, 7) is 6.05. The Labute approximate surface area is 119 Å². The Morgan fingerprint density at radius 3 is 2.68 bits per heavy atom. The lowest BCUT2D eigenvalue weighted by molar-refractivity contribution is 0.251. The summed E-state index contributed by atoms with van der Waals surface area (Å²) in [5.41, 5.74) is 1.29. The molecule has 0 saturated carbocycles. The van der Waals surface area contributed by atoms with E-state index in [1.807, 2.05) is 23.3 Å². The van der Waals surface area contributed by atoms with E-state index in [9.17, 15) is 0 Å². The van der Waals surface area contributed by atoms with Crippen molar-refractivity contribution in [2.24, 2.45) is 0 Å². The molecule has 2 heterocycles. The lowest BCUT2D eigenvalue weighted by Crippen LogP contribution is -2.28. The predicted molar refractivity (Wildman–Crippen MR) is 77.0 cm³/mol. The van der Waals surface area contributed by atoms with Crippen LogP contribution in [0.4, 0.5) is 0 Å². The summed E-state index contributed by atoms with van der Waals surface area (Å²) in [7, 11) is 0. The molecular weight excluding hydrogens is 260 g/mol. The maximum absolute atomic E-state index is 5.86. The summed E-state index contributed by atoms with van der Waals surface area (Å²) < 4.78 is 1.89. The molecule has 0 saturated heterocycles. The predicted octanol–water partition coefficient (Wildman–Crippen LogP) is 2.84. The standard InChI is InChI=1S/C14H19ClN4/c1-2-7-18(11-13-3-5-16-6-4-13)8-9-19-12-14(15)10-17-19/h3-6,10,12H,2,7-9,11H2,1H3. The molecular formula is C14H19ClN4. The quantitative estimate of drug-likeness (QED) is 0.781. The Balaban J connectivity index is 1.89. The van der Waals surface area contributed by atoms with Crippen molar-refractivity contribution in [1.29, 1.82) is 0 Å². The van der Waals surface area contributed by atoms with E-state index in [-0.39, 0.29) is 0 Å². The minimum atomic E-state index is 0.691. The van der Waals surface area contributed by atoms with Gasteiger partial charge in [-0.15, -0.1) is 0 Å². The van der Waals surface area contributed by atoms with Crippen LogP contribution < -0.4 is 0 Å². The van der Waals surface area contributed by atoms with E-state index in [4.69, 9.17) is 11.6 Å². The van der Waals surface area contributed by atoms with Crippen molar-refractivity contribution in [3.63, 3.8) is 0 Å². The van der Waals surface area contributed by atoms with Crippen LogP contribution in [-0.4, -0.2) is 32.8 Å². The van der Waals surface area contributed by atoms with Crippen molar-refractivity contribution < 1.29 is 0 Å². The van der Waals surface area contributed by atoms with Crippen molar-refractivity contribution in [3.05, 3.63) is 47.5 Å². The van der Waals surface area contributed by atoms with Crippen molar-refractivity contribution in [2.75, 3.05) is 13.1 Å². The second kappa shape index (κ2) is 7.26. The number of hydrogen-bond acceptors (Lipinski definition) is 3. The van der Waals surface area contributed by atoms with Crippen LogP contribution in [0.3, 0.4) is 0 Å². The van der Waals surface area contributed by atoms with Gasteiger partial charge in [0.25, 0.3) is 0 Å². The molecule has 4 nitrogen and oxygen atoms in total. The molecule has 2 aromatic rings. The second-order valence-electron chi connectivity index (χ2n) is 4.55. The summed E-state index contributed by atoms with van der Waals surface area (Å²) in [5, 5.41) is 4.89. The fourth-order valence-electron chi connectivity index (χ4n) is 2.04. The lowest BCUT2D eigenvalue weighted by Gasteiger charge is -2.21. The van der Waals surface area contributed by atoms with Crippen LogP contribution in [0.15, 0.2) is 36.9 Å². The molecule has 0 bridgehead atoms. The first-order valence-corrected chi connectivity index (χ1v) is 6.95. The minimum absolute atomic E-state index is 0.691. The molecule has 0 unspecified atom stereocenters. The molecule has 0 aliphatic rings. The highest BCUT2D eigenvalue weighted by atomic mass is 35.5. The van der Waals surface area contributed by atoms with E-state index in [1.165, 1.54) is 5.56 Å². The molecule has 2 rings (SSSR count). The van der Waals surface area contributed by atoms with Crippen LogP contribution >= 0.6 is 11.6 Å². The molecule has 0 aliphatic carbocycles. The summed E-state index contributed by atoms with van der Waals surface area (Å²) in [4.78, 5) is 6.47. The Morgan fingerprint density at radius 2 is 2.05 bits per heavy atom. The number of aromatic nitrogens is 3. The summed E-state index contributed by atoms with van der Waals surface area (Å²) in [6, 6.07) is 4.13. The number of rotatable bonds is 7. The fraction of sp³-hybridized carbons (Fsp3) is 0.429. The molecule has 0 amide bonds. The average molecular weight is 279 g/mol. The fourth-order valence-corrected chi connectivity index (χ4v) is 2.19. The summed E-state index contributed by atoms with van der Waals surface area (Å²) >= 11 is 5.86. The van der Waals surface area contributed by atoms with Crippen LogP contribution in [-0.2, 0) is 13.1 Å². The van der Waals surface area contributed by atoms with Crippen molar-refractivity contribution in [2.45, 2.75) is 26.4 Å². The minimum Gasteiger partial charge on any atom is -0.297 e. The molecule has 0 radical (unpaired) electrons. The first-order chi connectivity index (χ1) is 9.28. The monoisotopic (exact) mass is 278 g/mol. The van der Waals surface area contributed by atoms with Gasteiger partial charge in [-0.3, -0.25) is 14.6 Å². The largest absolute Gasteiger partial charge is 0.297 e. The SMILES string of the molecule is CCCN(CCn1cc(Cl)cn1)Cc1ccncc1. The van der Waals surface area contributed by atoms with Crippen LogP contribution in [0.25, 0.3) is 0 Å². The summed E-state index contributed by atoms with van der Waals surface area (Å²) in [5.74, 6) is 0. The van der Waals surface area contributed by atoms with Gasteiger partial charge in [0.1, 0.15) is 0 Å². The average Bonchev–Trinajstić information content (AvgIpc) is 2.83. The zero-order chi connectivity index (χ0) is 13.5. The number of halogens is 1. The molecule has 0 N–H and O–H groups in total. The lowest BCUT2D eigenvalue weighted by atomic mass is 10.2. The normalized spacial score (nSPS) is 11.1. The zero-order valence-electron chi connectivity index (χ0n) is 11.2. The van der Waals surface area contributed by atoms with Gasteiger partial charge < -0.3 is 0 Å². The highest BCUT2D eigenvalue weighted by molar-refractivity contribution is 6.30. The highest BCUT2D eigenvalue weighted by Crippen LogP contribution is 2.07. The Kier molecular flexibility index (Phi) is 5.36. The Bertz CT molecular complexity index is 483. The third kappa shape index (κ3) is 4.65. The van der Waals surface area contributed by atoms with Crippen LogP contribution in [0, 0.1) is 0 Å². The molecule has 102 valence electrons. The van der Waals surface area contributed by atoms with E-state index < -0.39 is 0 Å². The van der Waals surface area contributed by atoms with E-state index in [0.29, 0.717) is 5.02 Å². The smallest absolute Gasteiger partial charge is 0.0785 e. The molecule has 0 aromatic carbocycles. The van der Waals surface area contributed by atoms with E-state index in [0.717, 1.165) is 32.6 Å². The molecule has 0 fully saturated rings. The first-order valence-electron chi connectivity index (χ1n) is 6.57. The van der Waals surface area contributed by atoms with Gasteiger partial charge in [-0.25, -0.2) is 0 Å². The number of nitrogens with zero attached hydrogens (tertiary/aromatic N) is 4. The van der Waals surface area contributed by atoms with Gasteiger partial charge in [0.2, 0.25) is 0 Å². The topological polar surface area (TPSA) is 34.0 Å². The van der Waals surface area contributed by atoms with Crippen LogP contribution in [0.5, 0.6) is 0 Å². The highest BCUT2D eigenvalue weighted by Gasteiger charge is 2.06. The molecule has 0 spiro atoms. The Hall–Kier alpha value is -1.39. The van der Waals surface area contributed by atoms with E-state index in [2.05, 4.69) is 34.0 Å². The maximum atomic E-state index is 5.86.